The summed E-state index contributed by atoms with van der Waals surface area (Å²) in [5, 5.41) is 6.83. The molecule has 2 N–H and O–H groups in total. The van der Waals surface area contributed by atoms with Crippen molar-refractivity contribution in [2.75, 3.05) is 13.1 Å². The molecule has 0 aromatic rings. The van der Waals surface area contributed by atoms with Crippen LogP contribution in [0.4, 0.5) is 0 Å². The molecule has 0 aromatic carbocycles. The van der Waals surface area contributed by atoms with Gasteiger partial charge in [0.15, 0.2) is 0 Å². The first-order valence-electron chi connectivity index (χ1n) is 7.42. The van der Waals surface area contributed by atoms with Crippen molar-refractivity contribution in [3.63, 3.8) is 0 Å². The van der Waals surface area contributed by atoms with Gasteiger partial charge in [0.05, 0.1) is 0 Å². The van der Waals surface area contributed by atoms with E-state index in [0.717, 1.165) is 12.8 Å². The first kappa shape index (κ1) is 15.5. The Bertz CT molecular complexity index is 465. The van der Waals surface area contributed by atoms with E-state index in [0.29, 0.717) is 31.6 Å². The summed E-state index contributed by atoms with van der Waals surface area (Å²) in [6, 6.07) is 0.136. The van der Waals surface area contributed by atoms with Crippen molar-refractivity contribution in [1.29, 1.82) is 0 Å². The van der Waals surface area contributed by atoms with E-state index in [1.54, 1.807) is 4.90 Å². The first-order valence-corrected chi connectivity index (χ1v) is 7.42. The predicted octanol–water partition coefficient (Wildman–Crippen LogP) is 0.0156. The summed E-state index contributed by atoms with van der Waals surface area (Å²) in [4.78, 5) is 36.7. The molecule has 0 radical (unpaired) electrons. The zero-order chi connectivity index (χ0) is 15.4. The second kappa shape index (κ2) is 6.69. The number of hydrogen-bond acceptors (Lipinski definition) is 4. The minimum absolute atomic E-state index is 0.0233. The van der Waals surface area contributed by atoms with Gasteiger partial charge in [-0.2, -0.15) is 5.10 Å². The van der Waals surface area contributed by atoms with Crippen LogP contribution >= 0.6 is 0 Å². The number of nitrogens with one attached hydrogen (secondary N) is 2. The highest BCUT2D eigenvalue weighted by Crippen LogP contribution is 2.13. The van der Waals surface area contributed by atoms with Crippen LogP contribution in [0, 0.1) is 5.92 Å². The van der Waals surface area contributed by atoms with Crippen molar-refractivity contribution in [3.8, 4) is 0 Å². The van der Waals surface area contributed by atoms with Crippen LogP contribution in [0.15, 0.2) is 5.10 Å². The van der Waals surface area contributed by atoms with Crippen LogP contribution in [0.5, 0.6) is 0 Å². The fourth-order valence-electron chi connectivity index (χ4n) is 2.41. The predicted molar refractivity (Wildman–Crippen MR) is 77.4 cm³/mol. The van der Waals surface area contributed by atoms with Crippen LogP contribution in [0.3, 0.4) is 0 Å². The molecule has 2 aliphatic rings. The standard InChI is InChI=1S/C14H22N4O3/c1-9(2)13(20)15-10-5-7-18(8-6-10)14(21)11-3-4-12(19)17-16-11/h9-10H,3-8H2,1-2H3,(H,15,20)(H,17,19). The number of amides is 3. The van der Waals surface area contributed by atoms with Gasteiger partial charge in [0.2, 0.25) is 11.8 Å². The molecule has 2 aliphatic heterocycles. The molecule has 0 aliphatic carbocycles. The van der Waals surface area contributed by atoms with Crippen LogP contribution in [0.2, 0.25) is 0 Å². The molecular weight excluding hydrogens is 272 g/mol. The first-order chi connectivity index (χ1) is 9.97. The van der Waals surface area contributed by atoms with Gasteiger partial charge in [0.25, 0.3) is 5.91 Å². The van der Waals surface area contributed by atoms with Crippen molar-refractivity contribution >= 4 is 23.4 Å². The molecule has 7 nitrogen and oxygen atoms in total. The van der Waals surface area contributed by atoms with Gasteiger partial charge >= 0.3 is 0 Å². The van der Waals surface area contributed by atoms with Gasteiger partial charge in [0.1, 0.15) is 5.71 Å². The highest BCUT2D eigenvalue weighted by atomic mass is 16.2. The molecule has 0 atom stereocenters. The fourth-order valence-corrected chi connectivity index (χ4v) is 2.41. The normalized spacial score (nSPS) is 20.0. The third-order valence-electron chi connectivity index (χ3n) is 3.80. The molecule has 2 rings (SSSR count). The molecule has 0 spiro atoms. The Labute approximate surface area is 124 Å². The maximum absolute atomic E-state index is 12.3. The highest BCUT2D eigenvalue weighted by molar-refractivity contribution is 6.39. The number of likely N-dealkylation sites (tertiary alicyclic amines) is 1. The molecule has 116 valence electrons. The number of hydrazone groups is 1. The summed E-state index contributed by atoms with van der Waals surface area (Å²) >= 11 is 0. The molecule has 1 saturated heterocycles. The lowest BCUT2D eigenvalue weighted by Gasteiger charge is -2.33. The van der Waals surface area contributed by atoms with Crippen molar-refractivity contribution in [1.82, 2.24) is 15.6 Å². The molecule has 0 aromatic heterocycles. The Balaban J connectivity index is 1.82. The minimum Gasteiger partial charge on any atom is -0.353 e. The maximum Gasteiger partial charge on any atom is 0.270 e. The lowest BCUT2D eigenvalue weighted by Crippen LogP contribution is -2.49. The van der Waals surface area contributed by atoms with E-state index in [9.17, 15) is 14.4 Å². The third kappa shape index (κ3) is 4.03. The van der Waals surface area contributed by atoms with Crippen LogP contribution < -0.4 is 10.7 Å². The van der Waals surface area contributed by atoms with Crippen molar-refractivity contribution in [2.24, 2.45) is 11.0 Å². The molecule has 0 saturated carbocycles. The second-order valence-electron chi connectivity index (χ2n) is 5.82. The lowest BCUT2D eigenvalue weighted by molar-refractivity contribution is -0.126. The van der Waals surface area contributed by atoms with E-state index in [1.807, 2.05) is 13.8 Å². The number of hydrogen-bond donors (Lipinski definition) is 2. The van der Waals surface area contributed by atoms with Gasteiger partial charge in [-0.25, -0.2) is 5.43 Å². The molecule has 21 heavy (non-hydrogen) atoms. The van der Waals surface area contributed by atoms with Gasteiger partial charge in [-0.15, -0.1) is 0 Å². The topological polar surface area (TPSA) is 90.9 Å². The minimum atomic E-state index is -0.151. The zero-order valence-corrected chi connectivity index (χ0v) is 12.5. The zero-order valence-electron chi connectivity index (χ0n) is 12.5. The van der Waals surface area contributed by atoms with E-state index in [4.69, 9.17) is 0 Å². The highest BCUT2D eigenvalue weighted by Gasteiger charge is 2.28. The van der Waals surface area contributed by atoms with Crippen LogP contribution in [-0.4, -0.2) is 47.5 Å². The molecular formula is C14H22N4O3. The third-order valence-corrected chi connectivity index (χ3v) is 3.80. The molecule has 2 heterocycles. The van der Waals surface area contributed by atoms with E-state index < -0.39 is 0 Å². The van der Waals surface area contributed by atoms with Crippen molar-refractivity contribution in [3.05, 3.63) is 0 Å². The smallest absolute Gasteiger partial charge is 0.270 e. The molecule has 7 heteroatoms. The van der Waals surface area contributed by atoms with Crippen LogP contribution in [-0.2, 0) is 14.4 Å². The molecule has 3 amide bonds. The van der Waals surface area contributed by atoms with Gasteiger partial charge in [0, 0.05) is 37.9 Å². The number of piperidine rings is 1. The quantitative estimate of drug-likeness (QED) is 0.768. The summed E-state index contributed by atoms with van der Waals surface area (Å²) in [7, 11) is 0. The SMILES string of the molecule is CC(C)C(=O)NC1CCN(C(=O)C2=NNC(=O)CC2)CC1. The average molecular weight is 294 g/mol. The van der Waals surface area contributed by atoms with Gasteiger partial charge in [-0.3, -0.25) is 14.4 Å². The second-order valence-corrected chi connectivity index (χ2v) is 5.82. The monoisotopic (exact) mass is 294 g/mol. The summed E-state index contributed by atoms with van der Waals surface area (Å²) in [6.45, 7) is 4.94. The van der Waals surface area contributed by atoms with Crippen LogP contribution in [0.25, 0.3) is 0 Å². The summed E-state index contributed by atoms with van der Waals surface area (Å²) in [5.41, 5.74) is 2.76. The number of carbonyl (C=O) groups excluding carboxylic acids is 3. The Morgan fingerprint density at radius 2 is 1.95 bits per heavy atom. The lowest BCUT2D eigenvalue weighted by atomic mass is 10.0. The largest absolute Gasteiger partial charge is 0.353 e. The van der Waals surface area contributed by atoms with E-state index in [-0.39, 0.29) is 29.7 Å². The van der Waals surface area contributed by atoms with E-state index in [2.05, 4.69) is 15.8 Å². The maximum atomic E-state index is 12.3. The van der Waals surface area contributed by atoms with Gasteiger partial charge < -0.3 is 10.2 Å². The fraction of sp³-hybridized carbons (Fsp3) is 0.714. The molecule has 0 bridgehead atoms. The Hall–Kier alpha value is -1.92. The van der Waals surface area contributed by atoms with E-state index in [1.165, 1.54) is 0 Å². The van der Waals surface area contributed by atoms with Gasteiger partial charge in [-0.05, 0) is 12.8 Å². The number of nitrogens with zero attached hydrogens (tertiary/aromatic N) is 2. The van der Waals surface area contributed by atoms with E-state index >= 15 is 0 Å². The summed E-state index contributed by atoms with van der Waals surface area (Å²) in [5.74, 6) is -0.227. The van der Waals surface area contributed by atoms with Crippen LogP contribution in [0.1, 0.15) is 39.5 Å². The summed E-state index contributed by atoms with van der Waals surface area (Å²) < 4.78 is 0. The van der Waals surface area contributed by atoms with Gasteiger partial charge in [-0.1, -0.05) is 13.8 Å². The Morgan fingerprint density at radius 1 is 1.29 bits per heavy atom. The average Bonchev–Trinajstić information content (AvgIpc) is 2.48. The van der Waals surface area contributed by atoms with Crippen molar-refractivity contribution < 1.29 is 14.4 Å². The Morgan fingerprint density at radius 3 is 2.48 bits per heavy atom. The number of rotatable bonds is 3. The molecule has 0 unspecified atom stereocenters. The summed E-state index contributed by atoms with van der Waals surface area (Å²) in [6.07, 6.45) is 2.22. The molecule has 1 fully saturated rings. The number of carbonyl (C=O) groups is 3. The van der Waals surface area contributed by atoms with Crippen molar-refractivity contribution in [2.45, 2.75) is 45.6 Å². The Kier molecular flexibility index (Phi) is 4.93.